The standard InChI is InChI=1S/C13H11ClN2O2/c1-18-13-3-2-10(14)6-9(13)7-12(17)11-8-15-4-5-16-11/h2-6,8H,7H2,1H3. The average molecular weight is 263 g/mol. The van der Waals surface area contributed by atoms with Crippen LogP contribution in [0.5, 0.6) is 5.75 Å². The first-order valence-electron chi connectivity index (χ1n) is 5.32. The lowest BCUT2D eigenvalue weighted by atomic mass is 10.1. The van der Waals surface area contributed by atoms with Crippen molar-refractivity contribution in [2.75, 3.05) is 7.11 Å². The molecule has 1 heterocycles. The number of carbonyl (C=O) groups excluding carboxylic acids is 1. The Balaban J connectivity index is 2.24. The van der Waals surface area contributed by atoms with Gasteiger partial charge in [-0.05, 0) is 18.2 Å². The van der Waals surface area contributed by atoms with Gasteiger partial charge in [0, 0.05) is 29.4 Å². The van der Waals surface area contributed by atoms with Crippen LogP contribution in [0.25, 0.3) is 0 Å². The highest BCUT2D eigenvalue weighted by molar-refractivity contribution is 6.30. The Morgan fingerprint density at radius 2 is 2.22 bits per heavy atom. The molecule has 0 saturated heterocycles. The predicted molar refractivity (Wildman–Crippen MR) is 68.1 cm³/mol. The summed E-state index contributed by atoms with van der Waals surface area (Å²) in [5.41, 5.74) is 1.07. The van der Waals surface area contributed by atoms with Crippen LogP contribution >= 0.6 is 11.6 Å². The fraction of sp³-hybridized carbons (Fsp3) is 0.154. The van der Waals surface area contributed by atoms with Gasteiger partial charge in [0.25, 0.3) is 0 Å². The number of ketones is 1. The third-order valence-corrected chi connectivity index (χ3v) is 2.68. The van der Waals surface area contributed by atoms with Crippen LogP contribution in [0.15, 0.2) is 36.8 Å². The number of ether oxygens (including phenoxy) is 1. The fourth-order valence-electron chi connectivity index (χ4n) is 1.59. The number of Topliss-reactive ketones (excluding diaryl/α,β-unsaturated/α-hetero) is 1. The third-order valence-electron chi connectivity index (χ3n) is 2.44. The largest absolute Gasteiger partial charge is 0.496 e. The molecule has 0 spiro atoms. The summed E-state index contributed by atoms with van der Waals surface area (Å²) in [7, 11) is 1.56. The van der Waals surface area contributed by atoms with Gasteiger partial charge in [0.2, 0.25) is 0 Å². The molecule has 1 aromatic carbocycles. The molecule has 0 N–H and O–H groups in total. The molecule has 1 aromatic heterocycles. The predicted octanol–water partition coefficient (Wildman–Crippen LogP) is 2.56. The summed E-state index contributed by atoms with van der Waals surface area (Å²) in [5, 5.41) is 0.567. The van der Waals surface area contributed by atoms with E-state index in [0.717, 1.165) is 5.56 Å². The Labute approximate surface area is 110 Å². The molecule has 0 aliphatic carbocycles. The average Bonchev–Trinajstić information content (AvgIpc) is 2.40. The van der Waals surface area contributed by atoms with Gasteiger partial charge in [0.1, 0.15) is 11.4 Å². The van der Waals surface area contributed by atoms with Gasteiger partial charge >= 0.3 is 0 Å². The maximum atomic E-state index is 12.0. The van der Waals surface area contributed by atoms with E-state index in [0.29, 0.717) is 16.5 Å². The number of halogens is 1. The lowest BCUT2D eigenvalue weighted by Crippen LogP contribution is -2.07. The van der Waals surface area contributed by atoms with Gasteiger partial charge in [-0.2, -0.15) is 0 Å². The summed E-state index contributed by atoms with van der Waals surface area (Å²) >= 11 is 5.91. The highest BCUT2D eigenvalue weighted by atomic mass is 35.5. The molecule has 0 bridgehead atoms. The van der Waals surface area contributed by atoms with Crippen molar-refractivity contribution >= 4 is 17.4 Å². The van der Waals surface area contributed by atoms with E-state index >= 15 is 0 Å². The van der Waals surface area contributed by atoms with Crippen LogP contribution in [0.4, 0.5) is 0 Å². The molecule has 0 saturated carbocycles. The van der Waals surface area contributed by atoms with Gasteiger partial charge in [-0.3, -0.25) is 9.78 Å². The molecule has 0 atom stereocenters. The van der Waals surface area contributed by atoms with E-state index in [9.17, 15) is 4.79 Å². The second kappa shape index (κ2) is 5.60. The van der Waals surface area contributed by atoms with Crippen molar-refractivity contribution in [3.63, 3.8) is 0 Å². The minimum atomic E-state index is -0.122. The number of aromatic nitrogens is 2. The fourth-order valence-corrected chi connectivity index (χ4v) is 1.79. The number of hydrogen-bond acceptors (Lipinski definition) is 4. The normalized spacial score (nSPS) is 10.1. The van der Waals surface area contributed by atoms with E-state index in [1.807, 2.05) is 0 Å². The summed E-state index contributed by atoms with van der Waals surface area (Å²) < 4.78 is 5.19. The van der Waals surface area contributed by atoms with Crippen LogP contribution < -0.4 is 4.74 Å². The lowest BCUT2D eigenvalue weighted by molar-refractivity contribution is 0.0987. The van der Waals surface area contributed by atoms with Crippen LogP contribution in [-0.2, 0) is 6.42 Å². The number of nitrogens with zero attached hydrogens (tertiary/aromatic N) is 2. The van der Waals surface area contributed by atoms with Crippen LogP contribution in [-0.4, -0.2) is 22.9 Å². The molecule has 2 rings (SSSR count). The van der Waals surface area contributed by atoms with Crippen LogP contribution in [0.2, 0.25) is 5.02 Å². The molecule has 0 radical (unpaired) electrons. The number of rotatable bonds is 4. The van der Waals surface area contributed by atoms with Crippen LogP contribution in [0.1, 0.15) is 16.1 Å². The smallest absolute Gasteiger partial charge is 0.187 e. The molecule has 18 heavy (non-hydrogen) atoms. The van der Waals surface area contributed by atoms with Crippen molar-refractivity contribution in [1.82, 2.24) is 9.97 Å². The molecule has 92 valence electrons. The van der Waals surface area contributed by atoms with E-state index in [4.69, 9.17) is 16.3 Å². The summed E-state index contributed by atoms with van der Waals surface area (Å²) in [6.45, 7) is 0. The first-order valence-corrected chi connectivity index (χ1v) is 5.70. The molecule has 0 unspecified atom stereocenters. The van der Waals surface area contributed by atoms with Gasteiger partial charge in [0.05, 0.1) is 13.3 Å². The molecule has 0 aliphatic heterocycles. The van der Waals surface area contributed by atoms with Gasteiger partial charge in [-0.1, -0.05) is 11.6 Å². The summed E-state index contributed by atoms with van der Waals surface area (Å²) in [5.74, 6) is 0.514. The molecule has 2 aromatic rings. The Hall–Kier alpha value is -1.94. The molecule has 5 heteroatoms. The molecule has 4 nitrogen and oxygen atoms in total. The first-order chi connectivity index (χ1) is 8.70. The minimum absolute atomic E-state index is 0.122. The quantitative estimate of drug-likeness (QED) is 0.795. The van der Waals surface area contributed by atoms with Crippen molar-refractivity contribution in [2.45, 2.75) is 6.42 Å². The van der Waals surface area contributed by atoms with Crippen LogP contribution in [0, 0.1) is 0 Å². The second-order valence-electron chi connectivity index (χ2n) is 3.65. The molecule has 0 aliphatic rings. The summed E-state index contributed by atoms with van der Waals surface area (Å²) in [6.07, 6.45) is 4.64. The van der Waals surface area contributed by atoms with Crippen LogP contribution in [0.3, 0.4) is 0 Å². The number of methoxy groups -OCH3 is 1. The molecular formula is C13H11ClN2O2. The Morgan fingerprint density at radius 1 is 1.39 bits per heavy atom. The molecule has 0 fully saturated rings. The van der Waals surface area contributed by atoms with E-state index in [1.54, 1.807) is 25.3 Å². The van der Waals surface area contributed by atoms with E-state index in [-0.39, 0.29) is 12.2 Å². The zero-order valence-electron chi connectivity index (χ0n) is 9.76. The summed E-state index contributed by atoms with van der Waals surface area (Å²) in [6, 6.07) is 5.17. The number of carbonyl (C=O) groups is 1. The summed E-state index contributed by atoms with van der Waals surface area (Å²) in [4.78, 5) is 19.8. The van der Waals surface area contributed by atoms with Gasteiger partial charge in [-0.25, -0.2) is 4.98 Å². The minimum Gasteiger partial charge on any atom is -0.496 e. The van der Waals surface area contributed by atoms with Crippen molar-refractivity contribution in [1.29, 1.82) is 0 Å². The van der Waals surface area contributed by atoms with E-state index in [1.165, 1.54) is 18.6 Å². The molecular weight excluding hydrogens is 252 g/mol. The lowest BCUT2D eigenvalue weighted by Gasteiger charge is -2.07. The van der Waals surface area contributed by atoms with Crippen molar-refractivity contribution in [2.24, 2.45) is 0 Å². The highest BCUT2D eigenvalue weighted by Gasteiger charge is 2.12. The SMILES string of the molecule is COc1ccc(Cl)cc1CC(=O)c1cnccn1. The zero-order valence-corrected chi connectivity index (χ0v) is 10.5. The maximum Gasteiger partial charge on any atom is 0.187 e. The van der Waals surface area contributed by atoms with Crippen molar-refractivity contribution in [3.05, 3.63) is 53.1 Å². The zero-order chi connectivity index (χ0) is 13.0. The van der Waals surface area contributed by atoms with Crippen molar-refractivity contribution < 1.29 is 9.53 Å². The molecule has 0 amide bonds. The number of hydrogen-bond donors (Lipinski definition) is 0. The first kappa shape index (κ1) is 12.5. The topological polar surface area (TPSA) is 52.1 Å². The van der Waals surface area contributed by atoms with E-state index < -0.39 is 0 Å². The maximum absolute atomic E-state index is 12.0. The monoisotopic (exact) mass is 262 g/mol. The highest BCUT2D eigenvalue weighted by Crippen LogP contribution is 2.23. The van der Waals surface area contributed by atoms with E-state index in [2.05, 4.69) is 9.97 Å². The number of benzene rings is 1. The second-order valence-corrected chi connectivity index (χ2v) is 4.08. The Bertz CT molecular complexity index is 558. The van der Waals surface area contributed by atoms with Crippen molar-refractivity contribution in [3.8, 4) is 5.75 Å². The Kier molecular flexibility index (Phi) is 3.89. The Morgan fingerprint density at radius 3 is 2.89 bits per heavy atom. The van der Waals surface area contributed by atoms with Gasteiger partial charge < -0.3 is 4.74 Å². The third kappa shape index (κ3) is 2.84. The van der Waals surface area contributed by atoms with Gasteiger partial charge in [-0.15, -0.1) is 0 Å². The van der Waals surface area contributed by atoms with Gasteiger partial charge in [0.15, 0.2) is 5.78 Å².